The van der Waals surface area contributed by atoms with E-state index in [9.17, 15) is 14.4 Å². The van der Waals surface area contributed by atoms with Crippen LogP contribution in [0.15, 0.2) is 0 Å². The first-order chi connectivity index (χ1) is 9.99. The molecular formula is C12H21N3O6. The number of carbonyl (C=O) groups is 3. The highest BCUT2D eigenvalue weighted by atomic mass is 16.5. The number of morpholine rings is 1. The molecule has 0 aromatic rings. The molecule has 1 heterocycles. The van der Waals surface area contributed by atoms with Crippen molar-refractivity contribution in [3.63, 3.8) is 0 Å². The van der Waals surface area contributed by atoms with Gasteiger partial charge in [0, 0.05) is 19.6 Å². The zero-order chi connectivity index (χ0) is 15.7. The van der Waals surface area contributed by atoms with Gasteiger partial charge in [0.25, 0.3) is 0 Å². The molecule has 9 heteroatoms. The molecule has 0 saturated carbocycles. The second kappa shape index (κ2) is 9.14. The van der Waals surface area contributed by atoms with Crippen molar-refractivity contribution in [3.05, 3.63) is 0 Å². The van der Waals surface area contributed by atoms with Gasteiger partial charge in [0.1, 0.15) is 6.04 Å². The Bertz CT molecular complexity index is 370. The van der Waals surface area contributed by atoms with E-state index in [1.807, 2.05) is 0 Å². The van der Waals surface area contributed by atoms with Gasteiger partial charge in [-0.25, -0.2) is 9.59 Å². The van der Waals surface area contributed by atoms with E-state index in [-0.39, 0.29) is 0 Å². The summed E-state index contributed by atoms with van der Waals surface area (Å²) in [6.45, 7) is 4.37. The molecule has 0 bridgehead atoms. The summed E-state index contributed by atoms with van der Waals surface area (Å²) >= 11 is 0. The fourth-order valence-electron chi connectivity index (χ4n) is 1.91. The highest BCUT2D eigenvalue weighted by Gasteiger charge is 2.22. The maximum absolute atomic E-state index is 11.5. The van der Waals surface area contributed by atoms with Crippen LogP contribution in [-0.4, -0.2) is 78.5 Å². The predicted molar refractivity (Wildman–Crippen MR) is 72.1 cm³/mol. The summed E-state index contributed by atoms with van der Waals surface area (Å²) < 4.78 is 5.22. The number of amides is 2. The predicted octanol–water partition coefficient (Wildman–Crippen LogP) is -1.06. The van der Waals surface area contributed by atoms with Gasteiger partial charge in [0.2, 0.25) is 0 Å². The number of carboxylic acids is 2. The van der Waals surface area contributed by atoms with Gasteiger partial charge in [-0.3, -0.25) is 9.69 Å². The second-order valence-corrected chi connectivity index (χ2v) is 4.70. The van der Waals surface area contributed by atoms with Gasteiger partial charge in [-0.15, -0.1) is 0 Å². The van der Waals surface area contributed by atoms with Crippen LogP contribution in [0.4, 0.5) is 4.79 Å². The van der Waals surface area contributed by atoms with Crippen LogP contribution in [0.5, 0.6) is 0 Å². The number of nitrogens with one attached hydrogen (secondary N) is 2. The molecule has 1 fully saturated rings. The van der Waals surface area contributed by atoms with Gasteiger partial charge in [-0.1, -0.05) is 0 Å². The molecule has 0 radical (unpaired) electrons. The van der Waals surface area contributed by atoms with Gasteiger partial charge in [-0.05, 0) is 13.0 Å². The summed E-state index contributed by atoms with van der Waals surface area (Å²) in [6, 6.07) is -2.10. The molecule has 2 amide bonds. The summed E-state index contributed by atoms with van der Waals surface area (Å²) in [4.78, 5) is 35.0. The lowest BCUT2D eigenvalue weighted by Crippen LogP contribution is -2.47. The number of hydrogen-bond donors (Lipinski definition) is 4. The molecule has 1 aliphatic heterocycles. The molecule has 0 aromatic carbocycles. The Morgan fingerprint density at radius 2 is 1.86 bits per heavy atom. The first-order valence-corrected chi connectivity index (χ1v) is 6.78. The minimum absolute atomic E-state index is 0.391. The Morgan fingerprint density at radius 3 is 2.43 bits per heavy atom. The van der Waals surface area contributed by atoms with E-state index in [1.165, 1.54) is 0 Å². The molecule has 9 nitrogen and oxygen atoms in total. The smallest absolute Gasteiger partial charge is 0.326 e. The molecule has 0 unspecified atom stereocenters. The SMILES string of the molecule is O=C(O)C[C@H](NC(=O)NCCCN1CCOCC1)C(=O)O. The minimum atomic E-state index is -1.43. The van der Waals surface area contributed by atoms with Crippen molar-refractivity contribution in [1.82, 2.24) is 15.5 Å². The fraction of sp³-hybridized carbons (Fsp3) is 0.750. The zero-order valence-electron chi connectivity index (χ0n) is 11.7. The summed E-state index contributed by atoms with van der Waals surface area (Å²) in [5.41, 5.74) is 0. The third-order valence-electron chi connectivity index (χ3n) is 3.02. The Kier molecular flexibility index (Phi) is 7.48. The molecule has 0 aromatic heterocycles. The van der Waals surface area contributed by atoms with Gasteiger partial charge in [0.15, 0.2) is 0 Å². The van der Waals surface area contributed by atoms with Crippen LogP contribution >= 0.6 is 0 Å². The number of ether oxygens (including phenoxy) is 1. The molecule has 0 spiro atoms. The van der Waals surface area contributed by atoms with Crippen molar-refractivity contribution < 1.29 is 29.3 Å². The second-order valence-electron chi connectivity index (χ2n) is 4.70. The monoisotopic (exact) mass is 303 g/mol. The lowest BCUT2D eigenvalue weighted by Gasteiger charge is -2.26. The number of urea groups is 1. The van der Waals surface area contributed by atoms with E-state index in [0.717, 1.165) is 26.1 Å². The lowest BCUT2D eigenvalue weighted by molar-refractivity contribution is -0.145. The van der Waals surface area contributed by atoms with Crippen LogP contribution in [-0.2, 0) is 14.3 Å². The average Bonchev–Trinajstić information content (AvgIpc) is 2.43. The van der Waals surface area contributed by atoms with Crippen LogP contribution in [0.2, 0.25) is 0 Å². The van der Waals surface area contributed by atoms with Crippen molar-refractivity contribution in [1.29, 1.82) is 0 Å². The number of aliphatic carboxylic acids is 2. The first-order valence-electron chi connectivity index (χ1n) is 6.78. The molecule has 4 N–H and O–H groups in total. The van der Waals surface area contributed by atoms with E-state index in [0.29, 0.717) is 19.8 Å². The topological polar surface area (TPSA) is 128 Å². The maximum Gasteiger partial charge on any atom is 0.326 e. The normalized spacial score (nSPS) is 17.0. The largest absolute Gasteiger partial charge is 0.481 e. The first kappa shape index (κ1) is 17.2. The Morgan fingerprint density at radius 1 is 1.19 bits per heavy atom. The van der Waals surface area contributed by atoms with E-state index < -0.39 is 30.4 Å². The molecule has 0 aliphatic carbocycles. The van der Waals surface area contributed by atoms with Crippen molar-refractivity contribution in [2.45, 2.75) is 18.9 Å². The molecule has 1 aliphatic rings. The van der Waals surface area contributed by atoms with E-state index in [2.05, 4.69) is 15.5 Å². The molecule has 1 saturated heterocycles. The summed E-state index contributed by atoms with van der Waals surface area (Å²) in [6.07, 6.45) is 0.0701. The van der Waals surface area contributed by atoms with Crippen LogP contribution in [0.1, 0.15) is 12.8 Å². The number of nitrogens with zero attached hydrogens (tertiary/aromatic N) is 1. The van der Waals surface area contributed by atoms with Gasteiger partial charge in [0.05, 0.1) is 19.6 Å². The summed E-state index contributed by atoms with van der Waals surface area (Å²) in [7, 11) is 0. The van der Waals surface area contributed by atoms with E-state index in [4.69, 9.17) is 14.9 Å². The number of carbonyl (C=O) groups excluding carboxylic acids is 1. The third kappa shape index (κ3) is 7.47. The number of hydrogen-bond acceptors (Lipinski definition) is 5. The van der Waals surface area contributed by atoms with Crippen molar-refractivity contribution in [2.24, 2.45) is 0 Å². The van der Waals surface area contributed by atoms with Gasteiger partial charge >= 0.3 is 18.0 Å². The van der Waals surface area contributed by atoms with Gasteiger partial charge in [-0.2, -0.15) is 0 Å². The Hall–Kier alpha value is -1.87. The molecule has 120 valence electrons. The van der Waals surface area contributed by atoms with Crippen LogP contribution in [0.25, 0.3) is 0 Å². The summed E-state index contributed by atoms with van der Waals surface area (Å²) in [5.74, 6) is -2.66. The molecule has 1 rings (SSSR count). The number of rotatable bonds is 8. The highest BCUT2D eigenvalue weighted by molar-refractivity contribution is 5.86. The average molecular weight is 303 g/mol. The molecule has 21 heavy (non-hydrogen) atoms. The number of carboxylic acid groups (broad SMARTS) is 2. The van der Waals surface area contributed by atoms with Crippen molar-refractivity contribution >= 4 is 18.0 Å². The third-order valence-corrected chi connectivity index (χ3v) is 3.02. The standard InChI is InChI=1S/C12H21N3O6/c16-10(17)8-9(11(18)19)14-12(20)13-2-1-3-15-4-6-21-7-5-15/h9H,1-8H2,(H,16,17)(H,18,19)(H2,13,14,20)/t9-/m0/s1. The Balaban J connectivity index is 2.16. The van der Waals surface area contributed by atoms with E-state index in [1.54, 1.807) is 0 Å². The zero-order valence-corrected chi connectivity index (χ0v) is 11.7. The van der Waals surface area contributed by atoms with E-state index >= 15 is 0 Å². The quantitative estimate of drug-likeness (QED) is 0.420. The molecule has 1 atom stereocenters. The Labute approximate surface area is 122 Å². The fourth-order valence-corrected chi connectivity index (χ4v) is 1.91. The summed E-state index contributed by atoms with van der Waals surface area (Å²) in [5, 5.41) is 22.0. The van der Waals surface area contributed by atoms with Crippen molar-refractivity contribution in [3.8, 4) is 0 Å². The van der Waals surface area contributed by atoms with Crippen LogP contribution in [0, 0.1) is 0 Å². The minimum Gasteiger partial charge on any atom is -0.481 e. The highest BCUT2D eigenvalue weighted by Crippen LogP contribution is 1.97. The molecular weight excluding hydrogens is 282 g/mol. The van der Waals surface area contributed by atoms with Crippen LogP contribution < -0.4 is 10.6 Å². The maximum atomic E-state index is 11.5. The lowest BCUT2D eigenvalue weighted by atomic mass is 10.2. The van der Waals surface area contributed by atoms with Crippen molar-refractivity contribution in [2.75, 3.05) is 39.4 Å². The van der Waals surface area contributed by atoms with Gasteiger partial charge < -0.3 is 25.6 Å². The van der Waals surface area contributed by atoms with Crippen LogP contribution in [0.3, 0.4) is 0 Å².